The Bertz CT molecular complexity index is 599. The Morgan fingerprint density at radius 2 is 1.89 bits per heavy atom. The summed E-state index contributed by atoms with van der Waals surface area (Å²) in [7, 11) is 1.96. The first-order chi connectivity index (χ1) is 12.7. The second kappa shape index (κ2) is 11.1. The summed E-state index contributed by atoms with van der Waals surface area (Å²) in [5.74, 6) is -0.904. The molecule has 0 saturated carbocycles. The fourth-order valence-electron chi connectivity index (χ4n) is 2.27. The van der Waals surface area contributed by atoms with Crippen molar-refractivity contribution in [1.29, 1.82) is 0 Å². The van der Waals surface area contributed by atoms with Crippen molar-refractivity contribution >= 4 is 11.9 Å². The van der Waals surface area contributed by atoms with Crippen molar-refractivity contribution in [2.75, 3.05) is 19.8 Å². The van der Waals surface area contributed by atoms with E-state index in [1.165, 1.54) is 0 Å². The molecule has 1 aromatic rings. The van der Waals surface area contributed by atoms with Crippen LogP contribution in [0.5, 0.6) is 0 Å². The Hall–Kier alpha value is -1.89. The van der Waals surface area contributed by atoms with E-state index in [1.807, 2.05) is 62.6 Å². The van der Waals surface area contributed by atoms with Crippen molar-refractivity contribution in [3.63, 3.8) is 0 Å². The molecule has 0 aromatic carbocycles. The molecule has 154 valence electrons. The van der Waals surface area contributed by atoms with Crippen LogP contribution in [-0.4, -0.2) is 42.4 Å². The van der Waals surface area contributed by atoms with E-state index >= 15 is 0 Å². The first kappa shape index (κ1) is 23.1. The van der Waals surface area contributed by atoms with E-state index in [0.29, 0.717) is 19.4 Å². The summed E-state index contributed by atoms with van der Waals surface area (Å²) < 4.78 is 20.4. The molecule has 0 aliphatic heterocycles. The molecule has 0 saturated heterocycles. The van der Waals surface area contributed by atoms with Gasteiger partial charge in [-0.1, -0.05) is 13.8 Å². The average Bonchev–Trinajstić information content (AvgIpc) is 3.05. The van der Waals surface area contributed by atoms with Crippen LogP contribution in [0.2, 0.25) is 0 Å². The molecule has 1 heterocycles. The molecule has 0 spiro atoms. The molecule has 2 atom stereocenters. The molecule has 0 bridgehead atoms. The van der Waals surface area contributed by atoms with Gasteiger partial charge in [0.2, 0.25) is 6.33 Å². The molecule has 0 radical (unpaired) electrons. The summed E-state index contributed by atoms with van der Waals surface area (Å²) in [6.45, 7) is 10.4. The molecule has 7 heteroatoms. The first-order valence-corrected chi connectivity index (χ1v) is 9.64. The summed E-state index contributed by atoms with van der Waals surface area (Å²) >= 11 is 0. The number of nitrogens with zero attached hydrogens (tertiary/aromatic N) is 2. The van der Waals surface area contributed by atoms with Crippen molar-refractivity contribution in [1.82, 2.24) is 4.57 Å². The third-order valence-electron chi connectivity index (χ3n) is 4.39. The number of aromatic nitrogens is 2. The van der Waals surface area contributed by atoms with Crippen LogP contribution in [0.15, 0.2) is 18.7 Å². The highest BCUT2D eigenvalue weighted by molar-refractivity contribution is 5.78. The molecule has 27 heavy (non-hydrogen) atoms. The van der Waals surface area contributed by atoms with Crippen molar-refractivity contribution in [3.05, 3.63) is 18.7 Å². The van der Waals surface area contributed by atoms with Crippen LogP contribution >= 0.6 is 0 Å². The number of imidazole rings is 1. The number of carbonyl (C=O) groups is 2. The second-order valence-electron chi connectivity index (χ2n) is 7.64. The zero-order valence-electron chi connectivity index (χ0n) is 17.6. The summed E-state index contributed by atoms with van der Waals surface area (Å²) in [6, 6.07) is 0. The van der Waals surface area contributed by atoms with Gasteiger partial charge in [-0.05, 0) is 27.2 Å². The predicted octanol–water partition coefficient (Wildman–Crippen LogP) is 2.27. The van der Waals surface area contributed by atoms with Gasteiger partial charge < -0.3 is 14.2 Å². The van der Waals surface area contributed by atoms with E-state index in [4.69, 9.17) is 14.2 Å². The molecule has 7 nitrogen and oxygen atoms in total. The van der Waals surface area contributed by atoms with Gasteiger partial charge in [0.1, 0.15) is 24.4 Å². The van der Waals surface area contributed by atoms with E-state index in [2.05, 4.69) is 0 Å². The Labute approximate surface area is 162 Å². The molecule has 0 aliphatic rings. The lowest BCUT2D eigenvalue weighted by molar-refractivity contribution is -0.696. The van der Waals surface area contributed by atoms with Crippen molar-refractivity contribution in [2.45, 2.75) is 60.1 Å². The molecule has 1 rings (SSSR count). The van der Waals surface area contributed by atoms with E-state index < -0.39 is 11.4 Å². The predicted molar refractivity (Wildman–Crippen MR) is 101 cm³/mol. The normalized spacial score (nSPS) is 14.6. The Morgan fingerprint density at radius 3 is 2.44 bits per heavy atom. The maximum atomic E-state index is 12.6. The number of esters is 2. The van der Waals surface area contributed by atoms with Gasteiger partial charge in [-0.3, -0.25) is 9.59 Å². The maximum Gasteiger partial charge on any atom is 0.317 e. The fourth-order valence-corrected chi connectivity index (χ4v) is 2.27. The molecule has 0 N–H and O–H groups in total. The van der Waals surface area contributed by atoms with Gasteiger partial charge >= 0.3 is 11.9 Å². The summed E-state index contributed by atoms with van der Waals surface area (Å²) in [4.78, 5) is 24.6. The Morgan fingerprint density at radius 1 is 1.19 bits per heavy atom. The lowest BCUT2D eigenvalue weighted by atomic mass is 9.93. The number of ether oxygens (including phenoxy) is 3. The van der Waals surface area contributed by atoms with E-state index in [1.54, 1.807) is 6.92 Å². The number of aryl methyl sites for hydroxylation is 2. The third-order valence-corrected chi connectivity index (χ3v) is 4.39. The van der Waals surface area contributed by atoms with Gasteiger partial charge in [0, 0.05) is 6.42 Å². The van der Waals surface area contributed by atoms with Crippen LogP contribution in [0.4, 0.5) is 0 Å². The minimum absolute atomic E-state index is 0.0307. The smallest absolute Gasteiger partial charge is 0.317 e. The quantitative estimate of drug-likeness (QED) is 0.315. The van der Waals surface area contributed by atoms with Gasteiger partial charge in [-0.15, -0.1) is 0 Å². The average molecular weight is 384 g/mol. The SMILES string of the molecule is CCC(C)C(=O)OCC(C)(COC(C)C)C(=O)OCCC[n+]1ccn(C)c1. The van der Waals surface area contributed by atoms with Crippen LogP contribution in [0.3, 0.4) is 0 Å². The van der Waals surface area contributed by atoms with E-state index in [-0.39, 0.29) is 31.2 Å². The van der Waals surface area contributed by atoms with Gasteiger partial charge in [-0.25, -0.2) is 9.13 Å². The van der Waals surface area contributed by atoms with Gasteiger partial charge in [0.25, 0.3) is 0 Å². The summed E-state index contributed by atoms with van der Waals surface area (Å²) in [5.41, 5.74) is -1.02. The topological polar surface area (TPSA) is 70.6 Å². The van der Waals surface area contributed by atoms with Crippen LogP contribution in [-0.2, 0) is 37.4 Å². The van der Waals surface area contributed by atoms with E-state index in [0.717, 1.165) is 6.54 Å². The lowest BCUT2D eigenvalue weighted by Gasteiger charge is -2.28. The Kier molecular flexibility index (Phi) is 9.49. The first-order valence-electron chi connectivity index (χ1n) is 9.64. The van der Waals surface area contributed by atoms with Gasteiger partial charge in [0.15, 0.2) is 0 Å². The second-order valence-corrected chi connectivity index (χ2v) is 7.64. The van der Waals surface area contributed by atoms with Gasteiger partial charge in [-0.2, -0.15) is 0 Å². The van der Waals surface area contributed by atoms with Gasteiger partial charge in [0.05, 0.1) is 38.8 Å². The third kappa shape index (κ3) is 8.12. The molecule has 1 aromatic heterocycles. The molecule has 0 amide bonds. The molecule has 0 fully saturated rings. The number of rotatable bonds is 12. The molecular formula is C20H35N2O5+. The van der Waals surface area contributed by atoms with E-state index in [9.17, 15) is 9.59 Å². The van der Waals surface area contributed by atoms with Crippen LogP contribution in [0.1, 0.15) is 47.5 Å². The number of carbonyl (C=O) groups excluding carboxylic acids is 2. The number of hydrogen-bond acceptors (Lipinski definition) is 5. The zero-order valence-corrected chi connectivity index (χ0v) is 17.6. The van der Waals surface area contributed by atoms with Crippen molar-refractivity contribution < 1.29 is 28.4 Å². The number of hydrogen-bond donors (Lipinski definition) is 0. The highest BCUT2D eigenvalue weighted by atomic mass is 16.6. The zero-order chi connectivity index (χ0) is 20.4. The Balaban J connectivity index is 2.56. The van der Waals surface area contributed by atoms with Crippen LogP contribution in [0, 0.1) is 11.3 Å². The largest absolute Gasteiger partial charge is 0.465 e. The molecular weight excluding hydrogens is 348 g/mol. The van der Waals surface area contributed by atoms with Crippen LogP contribution < -0.4 is 4.57 Å². The molecule has 2 unspecified atom stereocenters. The fraction of sp³-hybridized carbons (Fsp3) is 0.750. The van der Waals surface area contributed by atoms with Crippen molar-refractivity contribution in [2.24, 2.45) is 18.4 Å². The molecule has 0 aliphatic carbocycles. The standard InChI is InChI=1S/C20H35N2O5/c1-7-17(4)18(23)27-14-20(5,13-26-16(2)3)19(24)25-12-8-9-22-11-10-21(6)15-22/h10-11,15-17H,7-9,12-14H2,1-6H3/q+1. The minimum Gasteiger partial charge on any atom is -0.465 e. The monoisotopic (exact) mass is 383 g/mol. The highest BCUT2D eigenvalue weighted by Crippen LogP contribution is 2.22. The van der Waals surface area contributed by atoms with Crippen molar-refractivity contribution in [3.8, 4) is 0 Å². The lowest BCUT2D eigenvalue weighted by Crippen LogP contribution is -2.41. The van der Waals surface area contributed by atoms with Crippen LogP contribution in [0.25, 0.3) is 0 Å². The highest BCUT2D eigenvalue weighted by Gasteiger charge is 2.38. The maximum absolute atomic E-state index is 12.6. The minimum atomic E-state index is -1.02. The summed E-state index contributed by atoms with van der Waals surface area (Å²) in [6.07, 6.45) is 7.26. The summed E-state index contributed by atoms with van der Waals surface area (Å²) in [5, 5.41) is 0.